The predicted octanol–water partition coefficient (Wildman–Crippen LogP) is 1.15. The molecule has 0 atom stereocenters. The third-order valence-electron chi connectivity index (χ3n) is 2.34. The lowest BCUT2D eigenvalue weighted by molar-refractivity contribution is 0.602. The Kier molecular flexibility index (Phi) is 2.80. The first-order valence-electron chi connectivity index (χ1n) is 5.21. The molecule has 0 saturated carbocycles. The molecule has 1 aromatic rings. The number of nitrogens with zero attached hydrogens (tertiary/aromatic N) is 4. The first-order chi connectivity index (χ1) is 7.29. The van der Waals surface area contributed by atoms with E-state index < -0.39 is 0 Å². The van der Waals surface area contributed by atoms with E-state index in [0.717, 1.165) is 37.1 Å². The van der Waals surface area contributed by atoms with Gasteiger partial charge in [-0.05, 0) is 12.8 Å². The van der Waals surface area contributed by atoms with Crippen LogP contribution in [0, 0.1) is 0 Å². The maximum absolute atomic E-state index is 5.55. The Morgan fingerprint density at radius 1 is 1.40 bits per heavy atom. The van der Waals surface area contributed by atoms with Crippen molar-refractivity contribution in [1.29, 1.82) is 0 Å². The maximum atomic E-state index is 5.55. The summed E-state index contributed by atoms with van der Waals surface area (Å²) in [6.07, 6.45) is 6.58. The molecule has 2 N–H and O–H groups in total. The molecular formula is C10H15N5. The first kappa shape index (κ1) is 9.89. The average molecular weight is 205 g/mol. The number of aromatic nitrogens is 2. The summed E-state index contributed by atoms with van der Waals surface area (Å²) in [7, 11) is 0. The fourth-order valence-corrected chi connectivity index (χ4v) is 1.54. The molecule has 0 aromatic carbocycles. The zero-order chi connectivity index (χ0) is 10.7. The second-order valence-electron chi connectivity index (χ2n) is 3.63. The molecule has 0 bridgehead atoms. The zero-order valence-electron chi connectivity index (χ0n) is 8.85. The van der Waals surface area contributed by atoms with Gasteiger partial charge in [-0.2, -0.15) is 10.2 Å². The Labute approximate surface area is 88.7 Å². The van der Waals surface area contributed by atoms with Crippen LogP contribution >= 0.6 is 0 Å². The van der Waals surface area contributed by atoms with Crippen molar-refractivity contribution in [3.8, 4) is 0 Å². The van der Waals surface area contributed by atoms with E-state index in [1.54, 1.807) is 0 Å². The van der Waals surface area contributed by atoms with E-state index in [4.69, 9.17) is 5.73 Å². The highest BCUT2D eigenvalue weighted by Gasteiger charge is 2.11. The molecular weight excluding hydrogens is 190 g/mol. The van der Waals surface area contributed by atoms with Crippen LogP contribution in [0.3, 0.4) is 0 Å². The van der Waals surface area contributed by atoms with Crippen molar-refractivity contribution in [2.24, 2.45) is 15.9 Å². The molecule has 15 heavy (non-hydrogen) atoms. The smallest absolute Gasteiger partial charge is 0.122 e. The van der Waals surface area contributed by atoms with Crippen LogP contribution in [0.15, 0.2) is 22.6 Å². The largest absolute Gasteiger partial charge is 0.386 e. The van der Waals surface area contributed by atoms with Gasteiger partial charge in [0.1, 0.15) is 5.84 Å². The minimum absolute atomic E-state index is 0.611. The van der Waals surface area contributed by atoms with Gasteiger partial charge in [0.05, 0.1) is 11.9 Å². The number of hydrogen-bond acceptors (Lipinski definition) is 4. The molecule has 1 aliphatic rings. The zero-order valence-corrected chi connectivity index (χ0v) is 8.85. The van der Waals surface area contributed by atoms with E-state index in [1.807, 2.05) is 17.1 Å². The molecule has 2 heterocycles. The van der Waals surface area contributed by atoms with Gasteiger partial charge in [0, 0.05) is 24.7 Å². The van der Waals surface area contributed by atoms with Gasteiger partial charge in [-0.3, -0.25) is 4.68 Å². The topological polar surface area (TPSA) is 68.6 Å². The van der Waals surface area contributed by atoms with E-state index in [-0.39, 0.29) is 0 Å². The van der Waals surface area contributed by atoms with Gasteiger partial charge < -0.3 is 5.73 Å². The van der Waals surface area contributed by atoms with Crippen molar-refractivity contribution in [3.05, 3.63) is 18.0 Å². The summed E-state index contributed by atoms with van der Waals surface area (Å²) in [5, 5.41) is 12.2. The van der Waals surface area contributed by atoms with Crippen molar-refractivity contribution >= 4 is 11.5 Å². The summed E-state index contributed by atoms with van der Waals surface area (Å²) in [4.78, 5) is 0. The van der Waals surface area contributed by atoms with E-state index >= 15 is 0 Å². The minimum atomic E-state index is 0.611. The number of hydrogen-bond donors (Lipinski definition) is 1. The lowest BCUT2D eigenvalue weighted by atomic mass is 10.1. The molecule has 0 aliphatic carbocycles. The second-order valence-corrected chi connectivity index (χ2v) is 3.63. The van der Waals surface area contributed by atoms with Crippen molar-refractivity contribution in [3.63, 3.8) is 0 Å². The summed E-state index contributed by atoms with van der Waals surface area (Å²) in [6, 6.07) is 0. The summed E-state index contributed by atoms with van der Waals surface area (Å²) in [5.41, 5.74) is 7.58. The molecule has 1 aromatic heterocycles. The van der Waals surface area contributed by atoms with Gasteiger partial charge in [0.15, 0.2) is 0 Å². The Hall–Kier alpha value is -1.65. The summed E-state index contributed by atoms with van der Waals surface area (Å²) < 4.78 is 1.93. The Bertz CT molecular complexity index is 402. The van der Waals surface area contributed by atoms with Crippen molar-refractivity contribution < 1.29 is 0 Å². The second kappa shape index (κ2) is 4.25. The highest BCUT2D eigenvalue weighted by atomic mass is 15.3. The van der Waals surface area contributed by atoms with Gasteiger partial charge in [0.2, 0.25) is 0 Å². The summed E-state index contributed by atoms with van der Waals surface area (Å²) in [5.74, 6) is 0.611. The van der Waals surface area contributed by atoms with Crippen LogP contribution in [0.5, 0.6) is 0 Å². The van der Waals surface area contributed by atoms with E-state index in [1.165, 1.54) is 0 Å². The summed E-state index contributed by atoms with van der Waals surface area (Å²) in [6.45, 7) is 3.07. The highest BCUT2D eigenvalue weighted by molar-refractivity contribution is 6.03. The molecule has 0 amide bonds. The SMILES string of the molecule is CCCn1cc(C2=NN=C(N)CC2)cn1. The lowest BCUT2D eigenvalue weighted by Crippen LogP contribution is -2.17. The molecule has 5 nitrogen and oxygen atoms in total. The number of amidine groups is 1. The third kappa shape index (κ3) is 2.23. The number of aryl methyl sites for hydroxylation is 1. The molecule has 0 fully saturated rings. The minimum Gasteiger partial charge on any atom is -0.386 e. The Morgan fingerprint density at radius 3 is 2.93 bits per heavy atom. The molecule has 0 unspecified atom stereocenters. The van der Waals surface area contributed by atoms with Gasteiger partial charge in [-0.15, -0.1) is 5.10 Å². The van der Waals surface area contributed by atoms with Crippen molar-refractivity contribution in [2.75, 3.05) is 0 Å². The molecule has 5 heteroatoms. The highest BCUT2D eigenvalue weighted by Crippen LogP contribution is 2.10. The fraction of sp³-hybridized carbons (Fsp3) is 0.500. The van der Waals surface area contributed by atoms with Crippen LogP contribution < -0.4 is 5.73 Å². The molecule has 1 aliphatic heterocycles. The van der Waals surface area contributed by atoms with Crippen LogP contribution in [-0.2, 0) is 6.54 Å². The molecule has 0 spiro atoms. The van der Waals surface area contributed by atoms with Crippen LogP contribution in [0.4, 0.5) is 0 Å². The standard InChI is InChI=1S/C10H15N5/c1-2-5-15-7-8(6-12-15)9-3-4-10(11)14-13-9/h6-7H,2-5H2,1H3,(H2,11,14). The molecule has 80 valence electrons. The predicted molar refractivity (Wildman–Crippen MR) is 59.9 cm³/mol. The van der Waals surface area contributed by atoms with Gasteiger partial charge in [0.25, 0.3) is 0 Å². The van der Waals surface area contributed by atoms with Crippen LogP contribution in [0.2, 0.25) is 0 Å². The molecule has 2 rings (SSSR count). The van der Waals surface area contributed by atoms with E-state index in [2.05, 4.69) is 22.2 Å². The number of nitrogens with two attached hydrogens (primary N) is 1. The molecule has 0 radical (unpaired) electrons. The maximum Gasteiger partial charge on any atom is 0.122 e. The lowest BCUT2D eigenvalue weighted by Gasteiger charge is -2.06. The summed E-state index contributed by atoms with van der Waals surface area (Å²) >= 11 is 0. The van der Waals surface area contributed by atoms with Crippen molar-refractivity contribution in [1.82, 2.24) is 9.78 Å². The fourth-order valence-electron chi connectivity index (χ4n) is 1.54. The Morgan fingerprint density at radius 2 is 2.27 bits per heavy atom. The van der Waals surface area contributed by atoms with E-state index in [9.17, 15) is 0 Å². The quantitative estimate of drug-likeness (QED) is 0.804. The molecule has 0 saturated heterocycles. The normalized spacial score (nSPS) is 16.1. The van der Waals surface area contributed by atoms with Crippen molar-refractivity contribution in [2.45, 2.75) is 32.7 Å². The Balaban J connectivity index is 2.16. The average Bonchev–Trinajstić information content (AvgIpc) is 2.68. The number of rotatable bonds is 3. The van der Waals surface area contributed by atoms with Gasteiger partial charge in [-0.1, -0.05) is 6.92 Å². The van der Waals surface area contributed by atoms with E-state index in [0.29, 0.717) is 5.84 Å². The van der Waals surface area contributed by atoms with Gasteiger partial charge >= 0.3 is 0 Å². The third-order valence-corrected chi connectivity index (χ3v) is 2.34. The van der Waals surface area contributed by atoms with Gasteiger partial charge in [-0.25, -0.2) is 0 Å². The van der Waals surface area contributed by atoms with Crippen LogP contribution in [0.25, 0.3) is 0 Å². The first-order valence-corrected chi connectivity index (χ1v) is 5.21. The van der Waals surface area contributed by atoms with Crippen LogP contribution in [-0.4, -0.2) is 21.3 Å². The monoisotopic (exact) mass is 205 g/mol. The van der Waals surface area contributed by atoms with Crippen LogP contribution in [0.1, 0.15) is 31.7 Å².